The van der Waals surface area contributed by atoms with Crippen molar-refractivity contribution in [2.24, 2.45) is 0 Å². The fourth-order valence-corrected chi connectivity index (χ4v) is 10.5. The summed E-state index contributed by atoms with van der Waals surface area (Å²) < 4.78 is 89.3. The summed E-state index contributed by atoms with van der Waals surface area (Å²) in [5.41, 5.74) is 4.76. The molecule has 2 atom stereocenters. The molecule has 0 unspecified atom stereocenters. The van der Waals surface area contributed by atoms with Crippen LogP contribution in [0.25, 0.3) is 0 Å². The van der Waals surface area contributed by atoms with Crippen molar-refractivity contribution < 1.29 is 83.9 Å². The minimum Gasteiger partial charge on any atom is -0.491 e. The van der Waals surface area contributed by atoms with Crippen molar-refractivity contribution in [1.29, 1.82) is 0 Å². The number of esters is 2. The summed E-state index contributed by atoms with van der Waals surface area (Å²) in [7, 11) is -2.14. The van der Waals surface area contributed by atoms with E-state index in [0.717, 1.165) is 33.8 Å². The molecule has 4 aromatic carbocycles. The first kappa shape index (κ1) is 72.2. The van der Waals surface area contributed by atoms with Gasteiger partial charge in [0.25, 0.3) is 10.1 Å². The van der Waals surface area contributed by atoms with E-state index in [9.17, 15) is 27.6 Å². The quantitative estimate of drug-likeness (QED) is 0.0161. The predicted molar refractivity (Wildman–Crippen MR) is 337 cm³/mol. The van der Waals surface area contributed by atoms with Gasteiger partial charge in [0.05, 0.1) is 132 Å². The van der Waals surface area contributed by atoms with Crippen molar-refractivity contribution in [3.8, 4) is 5.75 Å². The molecule has 2 amide bonds. The zero-order valence-electron chi connectivity index (χ0n) is 53.3. The third-order valence-corrected chi connectivity index (χ3v) is 15.4. The minimum absolute atomic E-state index is 0.0174. The van der Waals surface area contributed by atoms with Crippen molar-refractivity contribution in [1.82, 2.24) is 14.8 Å². The summed E-state index contributed by atoms with van der Waals surface area (Å²) >= 11 is 0. The third kappa shape index (κ3) is 24.7. The van der Waals surface area contributed by atoms with Crippen LogP contribution in [0.1, 0.15) is 84.6 Å². The number of piperazine rings is 1. The Hall–Kier alpha value is -6.90. The minimum atomic E-state index is -3.77. The van der Waals surface area contributed by atoms with Gasteiger partial charge < -0.3 is 61.9 Å². The Kier molecular flexibility index (Phi) is 30.0. The van der Waals surface area contributed by atoms with Crippen LogP contribution in [0.3, 0.4) is 0 Å². The zero-order chi connectivity index (χ0) is 64.8. The van der Waals surface area contributed by atoms with E-state index in [1.807, 2.05) is 82.1 Å². The Morgan fingerprint density at radius 1 is 0.633 bits per heavy atom. The number of para-hydroxylation sites is 1. The number of hydrogen-bond donors (Lipinski definition) is 0. The average Bonchev–Trinajstić information content (AvgIpc) is 1.63. The highest BCUT2D eigenvalue weighted by atomic mass is 32.2. The highest BCUT2D eigenvalue weighted by Crippen LogP contribution is 2.40. The fraction of sp³-hybridized carbons (Fsp3) is 0.507. The monoisotopic (exact) mass is 1270 g/mol. The molecular formula is C67H90N4O18S. The van der Waals surface area contributed by atoms with Crippen LogP contribution < -0.4 is 9.64 Å². The Bertz CT molecular complexity index is 3080. The number of amides is 2. The number of methoxy groups -OCH3 is 1. The van der Waals surface area contributed by atoms with Gasteiger partial charge >= 0.3 is 18.0 Å². The van der Waals surface area contributed by atoms with Crippen LogP contribution in [0.4, 0.5) is 10.5 Å². The van der Waals surface area contributed by atoms with Gasteiger partial charge in [-0.3, -0.25) is 18.9 Å². The van der Waals surface area contributed by atoms with Crippen LogP contribution in [-0.4, -0.2) is 210 Å². The van der Waals surface area contributed by atoms with Gasteiger partial charge in [0.15, 0.2) is 0 Å². The normalized spacial score (nSPS) is 15.6. The number of pyridine rings is 1. The molecule has 22 nitrogen and oxygen atoms in total. The Balaban J connectivity index is 0.000000349. The summed E-state index contributed by atoms with van der Waals surface area (Å²) in [6.45, 7) is 20.5. The summed E-state index contributed by atoms with van der Waals surface area (Å²) in [6.07, 6.45) is 2.11. The number of ether oxygens (including phenoxy) is 11. The SMILES string of the molecule is COC[C@@H]1CN(C(=O)OC(C)(C)C)[C@@H](C)CN1CC(=O)N1CC(C)(C)c2ncc(Cc3ccccc3OCCOCCOCCOCCOC(=O)c3ccccc3)cc21.Cc1ccc(S(=O)(=O)OCCOCCOCCOCCOC(=O)c2ccccc2)cc1. The maximum Gasteiger partial charge on any atom is 0.410 e. The van der Waals surface area contributed by atoms with E-state index in [1.54, 1.807) is 72.7 Å². The third-order valence-electron chi connectivity index (χ3n) is 14.0. The summed E-state index contributed by atoms with van der Waals surface area (Å²) in [5.74, 6) is -0.00722. The topological polar surface area (TPSA) is 236 Å². The lowest BCUT2D eigenvalue weighted by Crippen LogP contribution is -2.62. The Morgan fingerprint density at radius 3 is 1.67 bits per heavy atom. The molecule has 2 aliphatic heterocycles. The van der Waals surface area contributed by atoms with Crippen molar-refractivity contribution in [2.45, 2.75) is 82.9 Å². The molecule has 0 N–H and O–H groups in total. The number of benzene rings is 4. The highest BCUT2D eigenvalue weighted by Gasteiger charge is 2.42. The van der Waals surface area contributed by atoms with E-state index >= 15 is 0 Å². The molecule has 1 fully saturated rings. The molecule has 2 aliphatic rings. The van der Waals surface area contributed by atoms with E-state index in [-0.39, 0.29) is 85.9 Å². The molecular weight excluding hydrogens is 1180 g/mol. The first-order chi connectivity index (χ1) is 43.2. The maximum atomic E-state index is 14.1. The number of carbonyl (C=O) groups is 4. The van der Waals surface area contributed by atoms with E-state index in [2.05, 4.69) is 24.8 Å². The van der Waals surface area contributed by atoms with Gasteiger partial charge in [-0.1, -0.05) is 86.1 Å². The van der Waals surface area contributed by atoms with Crippen LogP contribution in [0.5, 0.6) is 5.75 Å². The first-order valence-electron chi connectivity index (χ1n) is 30.3. The molecule has 0 aliphatic carbocycles. The summed E-state index contributed by atoms with van der Waals surface area (Å²) in [6, 6.07) is 33.7. The van der Waals surface area contributed by atoms with Gasteiger partial charge in [0.1, 0.15) is 31.2 Å². The van der Waals surface area contributed by atoms with Crippen molar-refractivity contribution in [2.75, 3.05) is 151 Å². The lowest BCUT2D eigenvalue weighted by Gasteiger charge is -2.45. The van der Waals surface area contributed by atoms with Crippen LogP contribution in [0.2, 0.25) is 0 Å². The van der Waals surface area contributed by atoms with Crippen LogP contribution in [0.15, 0.2) is 126 Å². The number of fused-ring (bicyclic) bond motifs is 1. The zero-order valence-corrected chi connectivity index (χ0v) is 54.1. The predicted octanol–water partition coefficient (Wildman–Crippen LogP) is 8.15. The van der Waals surface area contributed by atoms with Crippen molar-refractivity contribution in [3.05, 3.63) is 155 Å². The van der Waals surface area contributed by atoms with Crippen LogP contribution in [-0.2, 0) is 78.3 Å². The number of aromatic nitrogens is 1. The van der Waals surface area contributed by atoms with Crippen LogP contribution in [0, 0.1) is 6.92 Å². The van der Waals surface area contributed by atoms with E-state index in [4.69, 9.17) is 61.3 Å². The number of aryl methyl sites for hydroxylation is 1. The van der Waals surface area contributed by atoms with E-state index in [0.29, 0.717) is 116 Å². The number of nitrogens with zero attached hydrogens (tertiary/aromatic N) is 4. The lowest BCUT2D eigenvalue weighted by molar-refractivity contribution is -0.121. The number of rotatable bonds is 35. The molecule has 23 heteroatoms. The van der Waals surface area contributed by atoms with Gasteiger partial charge in [-0.15, -0.1) is 0 Å². The maximum absolute atomic E-state index is 14.1. The molecule has 0 spiro atoms. The summed E-state index contributed by atoms with van der Waals surface area (Å²) in [5, 5.41) is 0. The van der Waals surface area contributed by atoms with E-state index in [1.165, 1.54) is 12.1 Å². The van der Waals surface area contributed by atoms with Gasteiger partial charge in [-0.25, -0.2) is 14.4 Å². The van der Waals surface area contributed by atoms with Gasteiger partial charge in [0, 0.05) is 50.8 Å². The van der Waals surface area contributed by atoms with Gasteiger partial charge in [0.2, 0.25) is 5.91 Å². The van der Waals surface area contributed by atoms with E-state index < -0.39 is 15.7 Å². The number of anilines is 1. The molecule has 1 saturated heterocycles. The second kappa shape index (κ2) is 37.4. The van der Waals surface area contributed by atoms with Gasteiger partial charge in [-0.05, 0) is 94.3 Å². The molecule has 7 rings (SSSR count). The molecule has 1 aromatic heterocycles. The molecule has 0 bridgehead atoms. The Morgan fingerprint density at radius 2 is 1.13 bits per heavy atom. The molecule has 5 aromatic rings. The fourth-order valence-electron chi connectivity index (χ4n) is 9.57. The van der Waals surface area contributed by atoms with Gasteiger partial charge in [-0.2, -0.15) is 8.42 Å². The molecule has 492 valence electrons. The lowest BCUT2D eigenvalue weighted by atomic mass is 9.91. The number of carbonyl (C=O) groups excluding carboxylic acids is 4. The standard InChI is InChI=1S/C45H62N4O10.C22H28O8S/c1-33-28-47(37(31-53-7)29-48(33)43(52)59-44(2,3)4)30-40(50)49-32-45(5,6)41-38(49)26-34(27-46-41)25-36-15-11-12-16-39(36)57-23-21-55-19-17-54-18-20-56-22-24-58-42(51)35-13-9-8-10-14-35;1-19-7-9-21(10-8-19)31(24,25)30-18-16-28-14-12-26-11-13-27-15-17-29-22(23)20-5-3-2-4-6-20/h8-16,26-27,33,37H,17-25,28-32H2,1-7H3;2-10H,11-18H2,1H3/t33-,37-;/m0./s1. The molecule has 3 heterocycles. The average molecular weight is 1270 g/mol. The second-order valence-corrected chi connectivity index (χ2v) is 24.6. The largest absolute Gasteiger partial charge is 0.491 e. The second-order valence-electron chi connectivity index (χ2n) is 23.0. The molecule has 0 saturated carbocycles. The molecule has 0 radical (unpaired) electrons. The summed E-state index contributed by atoms with van der Waals surface area (Å²) in [4.78, 5) is 61.6. The smallest absolute Gasteiger partial charge is 0.410 e. The van der Waals surface area contributed by atoms with Crippen molar-refractivity contribution in [3.63, 3.8) is 0 Å². The van der Waals surface area contributed by atoms with Crippen molar-refractivity contribution >= 4 is 39.7 Å². The highest BCUT2D eigenvalue weighted by molar-refractivity contribution is 7.86. The number of hydrogen-bond acceptors (Lipinski definition) is 20. The Labute approximate surface area is 530 Å². The molecule has 90 heavy (non-hydrogen) atoms. The first-order valence-corrected chi connectivity index (χ1v) is 31.8. The van der Waals surface area contributed by atoms with Crippen LogP contribution >= 0.6 is 0 Å².